The van der Waals surface area contributed by atoms with Crippen molar-refractivity contribution in [3.8, 4) is 5.75 Å². The third-order valence-corrected chi connectivity index (χ3v) is 6.53. The minimum absolute atomic E-state index is 0. The Hall–Kier alpha value is 0.433. The molecule has 4 rings (SSSR count). The quantitative estimate of drug-likeness (QED) is 0.374. The van der Waals surface area contributed by atoms with Gasteiger partial charge in [0.15, 0.2) is 0 Å². The maximum Gasteiger partial charge on any atom is 0 e. The van der Waals surface area contributed by atoms with E-state index in [4.69, 9.17) is 34.2 Å². The fourth-order valence-electron chi connectivity index (χ4n) is 5.01. The van der Waals surface area contributed by atoms with Gasteiger partial charge in [0.1, 0.15) is 5.75 Å². The molecular weight excluding hydrogens is 522 g/mol. The molecule has 4 N–H and O–H groups in total. The van der Waals surface area contributed by atoms with E-state index in [1.807, 2.05) is 12.1 Å². The number of phenolic OH excluding ortho intramolecular Hbond substituents is 1. The summed E-state index contributed by atoms with van der Waals surface area (Å²) < 4.78 is 0. The number of aromatic hydroxyl groups is 1. The first-order valence-electron chi connectivity index (χ1n) is 10.6. The maximum atomic E-state index is 9.37. The average molecular weight is 560 g/mol. The molecule has 0 saturated heterocycles. The molecule has 1 aromatic carbocycles. The number of benzene rings is 1. The van der Waals surface area contributed by atoms with Crippen molar-refractivity contribution in [2.45, 2.75) is 89.1 Å². The van der Waals surface area contributed by atoms with E-state index in [2.05, 4.69) is 0 Å². The Morgan fingerprint density at radius 1 is 0.724 bits per heavy atom. The van der Waals surface area contributed by atoms with E-state index in [0.29, 0.717) is 5.75 Å². The van der Waals surface area contributed by atoms with Crippen LogP contribution >= 0.6 is 29.1 Å². The number of phenols is 1. The minimum atomic E-state index is -1.66. The van der Waals surface area contributed by atoms with Crippen molar-refractivity contribution in [1.82, 2.24) is 0 Å². The molecule has 0 atom stereocenters. The van der Waals surface area contributed by atoms with Gasteiger partial charge in [0.25, 0.3) is 0 Å². The third kappa shape index (κ3) is 11.0. The van der Waals surface area contributed by atoms with Gasteiger partial charge in [-0.2, -0.15) is 0 Å². The van der Waals surface area contributed by atoms with Crippen molar-refractivity contribution in [3.05, 3.63) is 29.8 Å². The Morgan fingerprint density at radius 2 is 1.14 bits per heavy atom. The van der Waals surface area contributed by atoms with E-state index < -0.39 is 13.0 Å². The fraction of sp³-hybridized carbons (Fsp3) is 0.727. The third-order valence-electron chi connectivity index (χ3n) is 6.53. The summed E-state index contributed by atoms with van der Waals surface area (Å²) in [5.74, 6) is 3.12. The Balaban J connectivity index is 0.000000452. The molecule has 1 aromatic rings. The van der Waals surface area contributed by atoms with Crippen molar-refractivity contribution in [1.29, 1.82) is 0 Å². The van der Waals surface area contributed by atoms with E-state index in [-0.39, 0.29) is 13.0 Å². The molecule has 0 spiro atoms. The Labute approximate surface area is 195 Å². The smallest absolute Gasteiger partial charge is 0 e. The number of rotatable bonds is 2. The normalized spacial score (nSPS) is 25.2. The summed E-state index contributed by atoms with van der Waals surface area (Å²) in [5, 5.41) is 18.5. The number of halogens is 3. The van der Waals surface area contributed by atoms with E-state index in [1.54, 1.807) is 12.1 Å². The zero-order valence-electron chi connectivity index (χ0n) is 17.0. The summed E-state index contributed by atoms with van der Waals surface area (Å²) in [6.07, 6.45) is 16.0. The number of hydrogen-bond acceptors (Lipinski definition) is 2. The van der Waals surface area contributed by atoms with Gasteiger partial charge in [-0.3, -0.25) is 0 Å². The van der Waals surface area contributed by atoms with Gasteiger partial charge in [0, 0.05) is 1.43 Å². The van der Waals surface area contributed by atoms with Gasteiger partial charge < -0.3 is 15.7 Å². The van der Waals surface area contributed by atoms with Crippen LogP contribution < -0.4 is 0 Å². The predicted molar refractivity (Wildman–Crippen MR) is 123 cm³/mol. The van der Waals surface area contributed by atoms with Gasteiger partial charge in [-0.25, -0.2) is 0 Å². The number of hydrogen-bond donors (Lipinski definition) is 2. The Morgan fingerprint density at radius 3 is 1.62 bits per heavy atom. The second-order valence-corrected chi connectivity index (χ2v) is 15.8. The first-order valence-corrected chi connectivity index (χ1v) is 16.9. The van der Waals surface area contributed by atoms with Crippen molar-refractivity contribution < 1.29 is 30.1 Å². The molecule has 0 bridgehead atoms. The van der Waals surface area contributed by atoms with Crippen LogP contribution in [0.5, 0.6) is 5.75 Å². The van der Waals surface area contributed by atoms with Gasteiger partial charge in [-0.15, -0.1) is 0 Å². The molecule has 0 aliphatic heterocycles. The van der Waals surface area contributed by atoms with Gasteiger partial charge in [0.05, 0.1) is 6.10 Å². The molecule has 3 aliphatic carbocycles. The Bertz CT molecular complexity index is 528. The molecule has 3 aliphatic rings. The van der Waals surface area contributed by atoms with Crippen molar-refractivity contribution in [2.24, 2.45) is 11.8 Å². The molecule has 7 heteroatoms. The topological polar surface area (TPSA) is 72.0 Å². The second kappa shape index (κ2) is 15.3. The molecule has 0 amide bonds. The molecule has 0 radical (unpaired) electrons. The summed E-state index contributed by atoms with van der Waals surface area (Å²) in [4.78, 5) is 0. The van der Waals surface area contributed by atoms with Crippen LogP contribution in [-0.4, -0.2) is 21.8 Å². The average Bonchev–Trinajstić information content (AvgIpc) is 3.37. The van der Waals surface area contributed by atoms with Crippen LogP contribution in [0.25, 0.3) is 0 Å². The standard InChI is InChI=1S/C11H20O.C11H14O.3ClH.H2O.Rh.H2/c2*12-11-7-5-10(6-8-11)9-3-1-2-4-9;;;;;;/h9-12H,1-8H2;5-9,12H,1-4H2;3*1H;1H2;;1H/q;;;;;;+3;/p-3. The van der Waals surface area contributed by atoms with E-state index in [1.165, 1.54) is 69.8 Å². The molecule has 0 heterocycles. The molecule has 0 aromatic heterocycles. The number of aliphatic hydroxyl groups is 1. The van der Waals surface area contributed by atoms with Gasteiger partial charge in [-0.1, -0.05) is 50.7 Å². The summed E-state index contributed by atoms with van der Waals surface area (Å²) in [6, 6.07) is 7.66. The molecule has 0 unspecified atom stereocenters. The van der Waals surface area contributed by atoms with Crippen LogP contribution in [0.15, 0.2) is 24.3 Å². The molecule has 3 saturated carbocycles. The van der Waals surface area contributed by atoms with Crippen LogP contribution in [0.1, 0.15) is 90.0 Å². The van der Waals surface area contributed by atoms with E-state index in [0.717, 1.165) is 30.6 Å². The largest absolute Gasteiger partial charge is 0 e. The summed E-state index contributed by atoms with van der Waals surface area (Å²) in [7, 11) is 14.8. The van der Waals surface area contributed by atoms with E-state index >= 15 is 0 Å². The van der Waals surface area contributed by atoms with Crippen molar-refractivity contribution in [2.75, 3.05) is 0 Å². The summed E-state index contributed by atoms with van der Waals surface area (Å²) >= 11 is -1.66. The fourth-order valence-corrected chi connectivity index (χ4v) is 5.01. The van der Waals surface area contributed by atoms with E-state index in [9.17, 15) is 5.11 Å². The molecule has 3 fully saturated rings. The zero-order chi connectivity index (χ0) is 20.4. The zero-order valence-corrected chi connectivity index (χ0v) is 20.9. The maximum absolute atomic E-state index is 9.37. The number of aliphatic hydroxyl groups excluding tert-OH is 1. The minimum Gasteiger partial charge on any atom is 0 e. The first kappa shape index (κ1) is 27.5. The molecular formula is C22H38Cl3O3Rh. The SMILES string of the molecule is O.OC1CCC(C2CCCC2)CC1.Oc1ccc(C2CCCC2)cc1.[Cl][Rh]([Cl])[Cl].[HH]. The molecule has 29 heavy (non-hydrogen) atoms. The Kier molecular flexibility index (Phi) is 14.5. The molecule has 174 valence electrons. The van der Waals surface area contributed by atoms with Crippen LogP contribution in [0, 0.1) is 11.8 Å². The van der Waals surface area contributed by atoms with Crippen LogP contribution in [0.4, 0.5) is 0 Å². The predicted octanol–water partition coefficient (Wildman–Crippen LogP) is 7.26. The van der Waals surface area contributed by atoms with Gasteiger partial charge in [0.2, 0.25) is 0 Å². The first-order chi connectivity index (χ1) is 13.5. The second-order valence-electron chi connectivity index (χ2n) is 8.33. The van der Waals surface area contributed by atoms with Crippen molar-refractivity contribution in [3.63, 3.8) is 0 Å². The molecule has 3 nitrogen and oxygen atoms in total. The van der Waals surface area contributed by atoms with Gasteiger partial charge >= 0.3 is 42.1 Å². The van der Waals surface area contributed by atoms with Crippen LogP contribution in [0.2, 0.25) is 0 Å². The van der Waals surface area contributed by atoms with Gasteiger partial charge in [-0.05, 0) is 74.0 Å². The summed E-state index contributed by atoms with van der Waals surface area (Å²) in [5.41, 5.74) is 1.39. The van der Waals surface area contributed by atoms with Crippen LogP contribution in [0.3, 0.4) is 0 Å². The van der Waals surface area contributed by atoms with Crippen molar-refractivity contribution >= 4 is 29.1 Å². The monoisotopic (exact) mass is 558 g/mol. The van der Waals surface area contributed by atoms with Crippen LogP contribution in [-0.2, 0) is 13.0 Å². The summed E-state index contributed by atoms with van der Waals surface area (Å²) in [6.45, 7) is 0.